The zero-order valence-electron chi connectivity index (χ0n) is 10.9. The summed E-state index contributed by atoms with van der Waals surface area (Å²) in [6, 6.07) is 0.343. The molecule has 0 aromatic rings. The first-order valence-corrected chi connectivity index (χ1v) is 6.21. The van der Waals surface area contributed by atoms with E-state index in [1.807, 2.05) is 18.7 Å². The molecule has 1 saturated heterocycles. The predicted octanol–water partition coefficient (Wildman–Crippen LogP) is 0.964. The van der Waals surface area contributed by atoms with Crippen LogP contribution in [0.4, 0.5) is 0 Å². The van der Waals surface area contributed by atoms with E-state index in [2.05, 4.69) is 18.7 Å². The normalized spacial score (nSPS) is 26.8. The van der Waals surface area contributed by atoms with E-state index in [4.69, 9.17) is 4.74 Å². The lowest BCUT2D eigenvalue weighted by Crippen LogP contribution is -2.51. The summed E-state index contributed by atoms with van der Waals surface area (Å²) >= 11 is 0. The highest BCUT2D eigenvalue weighted by atomic mass is 16.5. The number of hydrogen-bond acceptors (Lipinski definition) is 3. The molecule has 0 aromatic heterocycles. The summed E-state index contributed by atoms with van der Waals surface area (Å²) in [6.07, 6.45) is 0.237. The molecule has 0 bridgehead atoms. The van der Waals surface area contributed by atoms with Gasteiger partial charge in [0.15, 0.2) is 0 Å². The van der Waals surface area contributed by atoms with Crippen molar-refractivity contribution in [1.82, 2.24) is 9.80 Å². The molecule has 1 amide bonds. The molecule has 1 fully saturated rings. The Morgan fingerprint density at radius 2 is 2.00 bits per heavy atom. The number of rotatable bonds is 4. The van der Waals surface area contributed by atoms with Crippen LogP contribution in [0.2, 0.25) is 0 Å². The molecular formula is C12H24N2O2. The maximum absolute atomic E-state index is 12.0. The van der Waals surface area contributed by atoms with Gasteiger partial charge >= 0.3 is 0 Å². The van der Waals surface area contributed by atoms with Crippen LogP contribution in [-0.4, -0.2) is 60.6 Å². The Labute approximate surface area is 98.5 Å². The Hall–Kier alpha value is -0.610. The quantitative estimate of drug-likeness (QED) is 0.718. The van der Waals surface area contributed by atoms with Gasteiger partial charge in [-0.1, -0.05) is 0 Å². The predicted molar refractivity (Wildman–Crippen MR) is 64.4 cm³/mol. The SMILES string of the molecule is CCN(CC)C(=O)CN1CC(C)OCC1C. The zero-order valence-corrected chi connectivity index (χ0v) is 10.9. The molecule has 0 radical (unpaired) electrons. The number of amides is 1. The summed E-state index contributed by atoms with van der Waals surface area (Å²) in [6.45, 7) is 11.9. The van der Waals surface area contributed by atoms with E-state index in [-0.39, 0.29) is 12.0 Å². The minimum absolute atomic E-state index is 0.228. The van der Waals surface area contributed by atoms with Gasteiger partial charge in [-0.25, -0.2) is 0 Å². The van der Waals surface area contributed by atoms with E-state index in [1.165, 1.54) is 0 Å². The summed E-state index contributed by atoms with van der Waals surface area (Å²) < 4.78 is 5.55. The van der Waals surface area contributed by atoms with Crippen molar-refractivity contribution < 1.29 is 9.53 Å². The molecule has 0 aromatic carbocycles. The molecule has 1 heterocycles. The maximum atomic E-state index is 12.0. The number of carbonyl (C=O) groups excluding carboxylic acids is 1. The van der Waals surface area contributed by atoms with Gasteiger partial charge in [0, 0.05) is 25.7 Å². The highest BCUT2D eigenvalue weighted by Crippen LogP contribution is 2.11. The van der Waals surface area contributed by atoms with Crippen LogP contribution < -0.4 is 0 Å². The van der Waals surface area contributed by atoms with Crippen LogP contribution in [0.15, 0.2) is 0 Å². The van der Waals surface area contributed by atoms with Gasteiger partial charge in [0.2, 0.25) is 5.91 Å². The standard InChI is InChI=1S/C12H24N2O2/c1-5-13(6-2)12(15)8-14-7-11(4)16-9-10(14)3/h10-11H,5-9H2,1-4H3. The summed E-state index contributed by atoms with van der Waals surface area (Å²) in [5.41, 5.74) is 0. The van der Waals surface area contributed by atoms with E-state index in [1.54, 1.807) is 0 Å². The fourth-order valence-electron chi connectivity index (χ4n) is 2.04. The van der Waals surface area contributed by atoms with Crippen molar-refractivity contribution >= 4 is 5.91 Å². The Bertz CT molecular complexity index is 229. The van der Waals surface area contributed by atoms with Gasteiger partial charge < -0.3 is 9.64 Å². The summed E-state index contributed by atoms with van der Waals surface area (Å²) in [5, 5.41) is 0. The van der Waals surface area contributed by atoms with Crippen molar-refractivity contribution in [3.05, 3.63) is 0 Å². The van der Waals surface area contributed by atoms with Gasteiger partial charge in [0.05, 0.1) is 19.3 Å². The van der Waals surface area contributed by atoms with Gasteiger partial charge in [-0.3, -0.25) is 9.69 Å². The first kappa shape index (κ1) is 13.5. The van der Waals surface area contributed by atoms with Crippen molar-refractivity contribution in [1.29, 1.82) is 0 Å². The van der Waals surface area contributed by atoms with E-state index >= 15 is 0 Å². The number of ether oxygens (including phenoxy) is 1. The molecule has 1 aliphatic rings. The van der Waals surface area contributed by atoms with Crippen molar-refractivity contribution in [2.24, 2.45) is 0 Å². The molecule has 1 rings (SSSR count). The fourth-order valence-corrected chi connectivity index (χ4v) is 2.04. The lowest BCUT2D eigenvalue weighted by molar-refractivity contribution is -0.135. The number of carbonyl (C=O) groups is 1. The molecule has 4 heteroatoms. The Kier molecular flexibility index (Phi) is 5.22. The Morgan fingerprint density at radius 3 is 2.56 bits per heavy atom. The van der Waals surface area contributed by atoms with Crippen molar-refractivity contribution in [2.75, 3.05) is 32.8 Å². The molecule has 0 aliphatic carbocycles. The van der Waals surface area contributed by atoms with Crippen LogP contribution in [0.25, 0.3) is 0 Å². The second-order valence-electron chi connectivity index (χ2n) is 4.49. The molecule has 4 nitrogen and oxygen atoms in total. The van der Waals surface area contributed by atoms with E-state index in [0.717, 1.165) is 26.2 Å². The first-order valence-electron chi connectivity index (χ1n) is 6.21. The third-order valence-electron chi connectivity index (χ3n) is 3.19. The number of likely N-dealkylation sites (N-methyl/N-ethyl adjacent to an activating group) is 1. The molecule has 0 spiro atoms. The minimum atomic E-state index is 0.228. The molecule has 0 saturated carbocycles. The Balaban J connectivity index is 2.48. The second kappa shape index (κ2) is 6.21. The van der Waals surface area contributed by atoms with Crippen LogP contribution in [0.3, 0.4) is 0 Å². The zero-order chi connectivity index (χ0) is 12.1. The van der Waals surface area contributed by atoms with Crippen LogP contribution in [0.1, 0.15) is 27.7 Å². The lowest BCUT2D eigenvalue weighted by atomic mass is 10.2. The minimum Gasteiger partial charge on any atom is -0.376 e. The molecule has 2 atom stereocenters. The highest BCUT2D eigenvalue weighted by molar-refractivity contribution is 5.78. The number of hydrogen-bond donors (Lipinski definition) is 0. The molecule has 1 aliphatic heterocycles. The summed E-state index contributed by atoms with van der Waals surface area (Å²) in [4.78, 5) is 16.1. The summed E-state index contributed by atoms with van der Waals surface area (Å²) in [5.74, 6) is 0.228. The molecular weight excluding hydrogens is 204 g/mol. The number of morpholine rings is 1. The van der Waals surface area contributed by atoms with Crippen LogP contribution in [0, 0.1) is 0 Å². The largest absolute Gasteiger partial charge is 0.376 e. The van der Waals surface area contributed by atoms with Gasteiger partial charge in [-0.15, -0.1) is 0 Å². The average molecular weight is 228 g/mol. The van der Waals surface area contributed by atoms with Crippen LogP contribution in [0.5, 0.6) is 0 Å². The average Bonchev–Trinajstić information content (AvgIpc) is 2.25. The van der Waals surface area contributed by atoms with Gasteiger partial charge in [0.1, 0.15) is 0 Å². The van der Waals surface area contributed by atoms with Crippen LogP contribution >= 0.6 is 0 Å². The maximum Gasteiger partial charge on any atom is 0.236 e. The smallest absolute Gasteiger partial charge is 0.236 e. The van der Waals surface area contributed by atoms with Crippen molar-refractivity contribution in [3.8, 4) is 0 Å². The third-order valence-corrected chi connectivity index (χ3v) is 3.19. The fraction of sp³-hybridized carbons (Fsp3) is 0.917. The second-order valence-corrected chi connectivity index (χ2v) is 4.49. The third kappa shape index (κ3) is 3.46. The first-order chi connectivity index (χ1) is 7.58. The van der Waals surface area contributed by atoms with E-state index in [0.29, 0.717) is 12.6 Å². The lowest BCUT2D eigenvalue weighted by Gasteiger charge is -2.37. The van der Waals surface area contributed by atoms with Crippen LogP contribution in [-0.2, 0) is 9.53 Å². The topological polar surface area (TPSA) is 32.8 Å². The van der Waals surface area contributed by atoms with E-state index in [9.17, 15) is 4.79 Å². The van der Waals surface area contributed by atoms with Gasteiger partial charge in [0.25, 0.3) is 0 Å². The monoisotopic (exact) mass is 228 g/mol. The molecule has 16 heavy (non-hydrogen) atoms. The van der Waals surface area contributed by atoms with Crippen molar-refractivity contribution in [2.45, 2.75) is 39.8 Å². The van der Waals surface area contributed by atoms with E-state index < -0.39 is 0 Å². The van der Waals surface area contributed by atoms with Crippen molar-refractivity contribution in [3.63, 3.8) is 0 Å². The molecule has 0 N–H and O–H groups in total. The Morgan fingerprint density at radius 1 is 1.38 bits per heavy atom. The number of nitrogens with zero attached hydrogens (tertiary/aromatic N) is 2. The molecule has 2 unspecified atom stereocenters. The highest BCUT2D eigenvalue weighted by Gasteiger charge is 2.26. The molecule has 94 valence electrons. The summed E-state index contributed by atoms with van der Waals surface area (Å²) in [7, 11) is 0. The van der Waals surface area contributed by atoms with Gasteiger partial charge in [-0.2, -0.15) is 0 Å². The van der Waals surface area contributed by atoms with Gasteiger partial charge in [-0.05, 0) is 27.7 Å².